The molecule has 0 radical (unpaired) electrons. The maximum absolute atomic E-state index is 14.3. The molecular formula is C21H20FN3O2. The first-order valence-corrected chi connectivity index (χ1v) is 9.01. The van der Waals surface area contributed by atoms with Gasteiger partial charge in [-0.25, -0.2) is 9.18 Å². The van der Waals surface area contributed by atoms with Crippen LogP contribution in [0.15, 0.2) is 65.9 Å². The average molecular weight is 365 g/mol. The highest BCUT2D eigenvalue weighted by Crippen LogP contribution is 2.33. The highest BCUT2D eigenvalue weighted by molar-refractivity contribution is 6.01. The van der Waals surface area contributed by atoms with Gasteiger partial charge in [-0.3, -0.25) is 4.79 Å². The van der Waals surface area contributed by atoms with Crippen LogP contribution in [0.2, 0.25) is 0 Å². The molecule has 0 bridgehead atoms. The van der Waals surface area contributed by atoms with Gasteiger partial charge in [-0.1, -0.05) is 48.5 Å². The molecule has 0 saturated carbocycles. The summed E-state index contributed by atoms with van der Waals surface area (Å²) in [5.41, 5.74) is 2.52. The monoisotopic (exact) mass is 365 g/mol. The minimum Gasteiger partial charge on any atom is -0.333 e. The number of rotatable bonds is 5. The first-order chi connectivity index (χ1) is 13.1. The van der Waals surface area contributed by atoms with Gasteiger partial charge in [0.25, 0.3) is 5.91 Å². The summed E-state index contributed by atoms with van der Waals surface area (Å²) in [4.78, 5) is 26.7. The summed E-state index contributed by atoms with van der Waals surface area (Å²) in [6.07, 6.45) is 1.69. The van der Waals surface area contributed by atoms with Gasteiger partial charge in [0.05, 0.1) is 23.9 Å². The summed E-state index contributed by atoms with van der Waals surface area (Å²) >= 11 is 0. The Morgan fingerprint density at radius 1 is 1.04 bits per heavy atom. The second-order valence-electron chi connectivity index (χ2n) is 6.76. The molecule has 2 aromatic carbocycles. The number of aryl methyl sites for hydroxylation is 1. The summed E-state index contributed by atoms with van der Waals surface area (Å²) in [7, 11) is 0. The number of nitrogens with one attached hydrogen (secondary N) is 2. The molecule has 6 heteroatoms. The molecule has 138 valence electrons. The van der Waals surface area contributed by atoms with Gasteiger partial charge >= 0.3 is 6.03 Å². The topological polar surface area (TPSA) is 61.4 Å². The van der Waals surface area contributed by atoms with E-state index in [1.165, 1.54) is 11.6 Å². The van der Waals surface area contributed by atoms with Crippen molar-refractivity contribution in [2.75, 3.05) is 13.1 Å². The van der Waals surface area contributed by atoms with E-state index in [4.69, 9.17) is 0 Å². The van der Waals surface area contributed by atoms with E-state index in [2.05, 4.69) is 22.8 Å². The maximum atomic E-state index is 14.3. The Balaban J connectivity index is 1.49. The summed E-state index contributed by atoms with van der Waals surface area (Å²) in [5, 5.41) is 5.39. The van der Waals surface area contributed by atoms with Crippen molar-refractivity contribution in [2.24, 2.45) is 0 Å². The second kappa shape index (κ2) is 7.23. The molecule has 2 heterocycles. The molecule has 27 heavy (non-hydrogen) atoms. The van der Waals surface area contributed by atoms with Gasteiger partial charge in [0.15, 0.2) is 0 Å². The van der Waals surface area contributed by atoms with Gasteiger partial charge in [0.2, 0.25) is 0 Å². The summed E-state index contributed by atoms with van der Waals surface area (Å²) in [5.74, 6) is -0.592. The van der Waals surface area contributed by atoms with Crippen LogP contribution >= 0.6 is 0 Å². The molecule has 4 rings (SSSR count). The van der Waals surface area contributed by atoms with Crippen LogP contribution in [0, 0.1) is 5.82 Å². The Kier molecular flexibility index (Phi) is 4.62. The van der Waals surface area contributed by atoms with Crippen molar-refractivity contribution in [1.29, 1.82) is 0 Å². The zero-order chi connectivity index (χ0) is 18.8. The number of hydrogen-bond donors (Lipinski definition) is 2. The third-order valence-electron chi connectivity index (χ3n) is 4.97. The molecule has 1 atom stereocenters. The Bertz CT molecular complexity index is 911. The van der Waals surface area contributed by atoms with Crippen molar-refractivity contribution in [3.05, 3.63) is 82.8 Å². The Morgan fingerprint density at radius 3 is 2.56 bits per heavy atom. The lowest BCUT2D eigenvalue weighted by atomic mass is 9.96. The van der Waals surface area contributed by atoms with Crippen molar-refractivity contribution in [2.45, 2.75) is 18.9 Å². The molecule has 2 aromatic rings. The van der Waals surface area contributed by atoms with Gasteiger partial charge in [0.1, 0.15) is 5.82 Å². The van der Waals surface area contributed by atoms with Crippen LogP contribution < -0.4 is 10.6 Å². The van der Waals surface area contributed by atoms with Crippen molar-refractivity contribution in [3.8, 4) is 0 Å². The van der Waals surface area contributed by atoms with Crippen molar-refractivity contribution >= 4 is 11.9 Å². The number of urea groups is 1. The predicted octanol–water partition coefficient (Wildman–Crippen LogP) is 2.91. The van der Waals surface area contributed by atoms with Crippen molar-refractivity contribution < 1.29 is 14.0 Å². The molecule has 0 spiro atoms. The summed E-state index contributed by atoms with van der Waals surface area (Å²) < 4.78 is 14.3. The van der Waals surface area contributed by atoms with Crippen LogP contribution in [-0.2, 0) is 11.2 Å². The number of carbonyl (C=O) groups excluding carboxylic acids is 2. The lowest BCUT2D eigenvalue weighted by Crippen LogP contribution is -2.44. The lowest BCUT2D eigenvalue weighted by Gasteiger charge is -2.25. The van der Waals surface area contributed by atoms with E-state index in [1.54, 1.807) is 23.1 Å². The molecule has 0 saturated heterocycles. The zero-order valence-corrected chi connectivity index (χ0v) is 14.7. The van der Waals surface area contributed by atoms with E-state index in [-0.39, 0.29) is 5.91 Å². The van der Waals surface area contributed by atoms with Crippen LogP contribution in [0.1, 0.15) is 23.6 Å². The molecule has 2 aliphatic heterocycles. The number of halogens is 1. The van der Waals surface area contributed by atoms with Crippen LogP contribution in [-0.4, -0.2) is 29.9 Å². The molecule has 0 aromatic heterocycles. The van der Waals surface area contributed by atoms with Crippen LogP contribution in [0.3, 0.4) is 0 Å². The van der Waals surface area contributed by atoms with E-state index >= 15 is 0 Å². The van der Waals surface area contributed by atoms with E-state index < -0.39 is 17.9 Å². The molecule has 0 aliphatic carbocycles. The largest absolute Gasteiger partial charge is 0.333 e. The Morgan fingerprint density at radius 2 is 1.78 bits per heavy atom. The predicted molar refractivity (Wildman–Crippen MR) is 99.2 cm³/mol. The van der Waals surface area contributed by atoms with Gasteiger partial charge in [-0.05, 0) is 24.5 Å². The van der Waals surface area contributed by atoms with E-state index in [9.17, 15) is 14.0 Å². The van der Waals surface area contributed by atoms with Crippen LogP contribution in [0.4, 0.5) is 9.18 Å². The fraction of sp³-hybridized carbons (Fsp3) is 0.238. The normalized spacial score (nSPS) is 19.0. The molecule has 0 fully saturated rings. The molecule has 2 N–H and O–H groups in total. The van der Waals surface area contributed by atoms with E-state index in [0.29, 0.717) is 29.9 Å². The van der Waals surface area contributed by atoms with Crippen LogP contribution in [0.5, 0.6) is 0 Å². The summed E-state index contributed by atoms with van der Waals surface area (Å²) in [6.45, 7) is 0.932. The minimum absolute atomic E-state index is 0.154. The first kappa shape index (κ1) is 17.3. The van der Waals surface area contributed by atoms with Gasteiger partial charge < -0.3 is 15.5 Å². The molecule has 0 unspecified atom stereocenters. The first-order valence-electron chi connectivity index (χ1n) is 9.01. The Hall–Kier alpha value is -3.15. The molecule has 2 aliphatic rings. The van der Waals surface area contributed by atoms with Crippen molar-refractivity contribution in [1.82, 2.24) is 15.5 Å². The Labute approximate surface area is 156 Å². The number of nitrogens with zero attached hydrogens (tertiary/aromatic N) is 1. The highest BCUT2D eigenvalue weighted by atomic mass is 19.1. The fourth-order valence-electron chi connectivity index (χ4n) is 3.67. The standard InChI is InChI=1S/C21H20FN3O2/c22-16-11-5-4-10-15(16)19-18-17(23-21(27)24-19)13-25(20(18)26)12-6-9-14-7-2-1-3-8-14/h1-5,7-8,10-11,19H,6,9,12-13H2,(H2,23,24,27)/t19-/m0/s1. The summed E-state index contributed by atoms with van der Waals surface area (Å²) in [6, 6.07) is 15.1. The van der Waals surface area contributed by atoms with Gasteiger partial charge in [-0.15, -0.1) is 0 Å². The molecule has 3 amide bonds. The number of hydrogen-bond acceptors (Lipinski definition) is 2. The fourth-order valence-corrected chi connectivity index (χ4v) is 3.67. The van der Waals surface area contributed by atoms with Gasteiger partial charge in [0, 0.05) is 12.1 Å². The second-order valence-corrected chi connectivity index (χ2v) is 6.76. The van der Waals surface area contributed by atoms with Crippen LogP contribution in [0.25, 0.3) is 0 Å². The zero-order valence-electron chi connectivity index (χ0n) is 14.7. The smallest absolute Gasteiger partial charge is 0.319 e. The van der Waals surface area contributed by atoms with E-state index in [0.717, 1.165) is 12.8 Å². The number of carbonyl (C=O) groups is 2. The number of benzene rings is 2. The minimum atomic E-state index is -0.762. The third-order valence-corrected chi connectivity index (χ3v) is 4.97. The van der Waals surface area contributed by atoms with Crippen molar-refractivity contribution in [3.63, 3.8) is 0 Å². The molecular weight excluding hydrogens is 345 g/mol. The molecule has 5 nitrogen and oxygen atoms in total. The lowest BCUT2D eigenvalue weighted by molar-refractivity contribution is -0.125. The number of amides is 3. The average Bonchev–Trinajstić information content (AvgIpc) is 2.98. The highest BCUT2D eigenvalue weighted by Gasteiger charge is 2.40. The maximum Gasteiger partial charge on any atom is 0.319 e. The van der Waals surface area contributed by atoms with Gasteiger partial charge in [-0.2, -0.15) is 0 Å². The SMILES string of the molecule is O=C1NC2=C(C(=O)N(CCCc3ccccc3)C2)[C@H](c2ccccc2F)N1. The quantitative estimate of drug-likeness (QED) is 0.856. The third kappa shape index (κ3) is 3.43. The van der Waals surface area contributed by atoms with E-state index in [1.807, 2.05) is 18.2 Å².